The van der Waals surface area contributed by atoms with Crippen LogP contribution in [0, 0.1) is 6.07 Å². The average Bonchev–Trinajstić information content (AvgIpc) is 2.63. The van der Waals surface area contributed by atoms with Crippen LogP contribution in [0.5, 0.6) is 11.5 Å². The zero-order valence-corrected chi connectivity index (χ0v) is 14.1. The minimum Gasteiger partial charge on any atom is -0.485 e. The second kappa shape index (κ2) is 7.72. The molecule has 2 unspecified atom stereocenters. The van der Waals surface area contributed by atoms with Crippen LogP contribution >= 0.6 is 0 Å². The summed E-state index contributed by atoms with van der Waals surface area (Å²) < 4.78 is 73.8. The fourth-order valence-electron chi connectivity index (χ4n) is 2.91. The Labute approximate surface area is 153 Å². The SMILES string of the molecule is FC(F)(F)C(F)(F)Oc1ccccc1OC1CCCNC1c1c[c]ccc1. The Morgan fingerprint density at radius 3 is 2.41 bits per heavy atom. The van der Waals surface area contributed by atoms with Gasteiger partial charge >= 0.3 is 12.3 Å². The van der Waals surface area contributed by atoms with Crippen molar-refractivity contribution in [2.45, 2.75) is 37.3 Å². The van der Waals surface area contributed by atoms with E-state index in [0.29, 0.717) is 6.42 Å². The molecule has 1 aliphatic heterocycles. The van der Waals surface area contributed by atoms with Gasteiger partial charge in [0.1, 0.15) is 6.10 Å². The van der Waals surface area contributed by atoms with Gasteiger partial charge in [-0.25, -0.2) is 0 Å². The predicted molar refractivity (Wildman–Crippen MR) is 87.7 cm³/mol. The average molecular weight is 386 g/mol. The van der Waals surface area contributed by atoms with Crippen molar-refractivity contribution in [3.8, 4) is 11.5 Å². The third-order valence-electron chi connectivity index (χ3n) is 4.19. The van der Waals surface area contributed by atoms with Crippen LogP contribution in [0.15, 0.2) is 48.5 Å². The van der Waals surface area contributed by atoms with E-state index < -0.39 is 24.1 Å². The Hall–Kier alpha value is -2.35. The maximum atomic E-state index is 13.3. The molecule has 3 nitrogen and oxygen atoms in total. The topological polar surface area (TPSA) is 30.5 Å². The van der Waals surface area contributed by atoms with Gasteiger partial charge in [-0.3, -0.25) is 0 Å². The standard InChI is InChI=1S/C19H17F5NO2/c20-18(21,22)19(23,24)27-15-10-5-4-9-14(15)26-16-11-6-12-25-17(16)13-7-2-1-3-8-13/h1-2,4-5,7-10,16-17,25H,6,11-12H2. The van der Waals surface area contributed by atoms with Crippen molar-refractivity contribution >= 4 is 0 Å². The van der Waals surface area contributed by atoms with Crippen LogP contribution in [0.4, 0.5) is 22.0 Å². The van der Waals surface area contributed by atoms with Crippen LogP contribution in [0.3, 0.4) is 0 Å². The molecular weight excluding hydrogens is 369 g/mol. The number of benzene rings is 2. The van der Waals surface area contributed by atoms with Gasteiger partial charge in [-0.1, -0.05) is 30.3 Å². The minimum atomic E-state index is -5.82. The second-order valence-corrected chi connectivity index (χ2v) is 6.13. The van der Waals surface area contributed by atoms with E-state index in [2.05, 4.69) is 16.1 Å². The van der Waals surface area contributed by atoms with E-state index in [9.17, 15) is 22.0 Å². The number of hydrogen-bond acceptors (Lipinski definition) is 3. The van der Waals surface area contributed by atoms with Crippen molar-refractivity contribution in [3.63, 3.8) is 0 Å². The van der Waals surface area contributed by atoms with E-state index >= 15 is 0 Å². The van der Waals surface area contributed by atoms with Crippen molar-refractivity contribution < 1.29 is 31.4 Å². The molecule has 3 rings (SSSR count). The van der Waals surface area contributed by atoms with Gasteiger partial charge in [0.2, 0.25) is 0 Å². The molecule has 2 aromatic rings. The largest absolute Gasteiger partial charge is 0.499 e. The summed E-state index contributed by atoms with van der Waals surface area (Å²) in [7, 11) is 0. The van der Waals surface area contributed by atoms with Gasteiger partial charge in [-0.15, -0.1) is 0 Å². The van der Waals surface area contributed by atoms with Crippen LogP contribution in [-0.4, -0.2) is 24.9 Å². The Kier molecular flexibility index (Phi) is 5.55. The van der Waals surface area contributed by atoms with Crippen molar-refractivity contribution in [1.82, 2.24) is 5.32 Å². The van der Waals surface area contributed by atoms with Gasteiger partial charge in [0, 0.05) is 0 Å². The van der Waals surface area contributed by atoms with Gasteiger partial charge in [-0.05, 0) is 49.2 Å². The van der Waals surface area contributed by atoms with Crippen LogP contribution in [-0.2, 0) is 0 Å². The van der Waals surface area contributed by atoms with E-state index in [1.165, 1.54) is 18.2 Å². The second-order valence-electron chi connectivity index (χ2n) is 6.13. The van der Waals surface area contributed by atoms with Gasteiger partial charge in [-0.2, -0.15) is 22.0 Å². The lowest BCUT2D eigenvalue weighted by Gasteiger charge is -2.33. The fraction of sp³-hybridized carbons (Fsp3) is 0.368. The molecule has 1 radical (unpaired) electrons. The number of halogens is 5. The molecule has 0 aromatic heterocycles. The zero-order chi connectivity index (χ0) is 19.5. The Morgan fingerprint density at radius 2 is 1.74 bits per heavy atom. The molecule has 145 valence electrons. The third kappa shape index (κ3) is 4.50. The minimum absolute atomic E-state index is 0.167. The highest BCUT2D eigenvalue weighted by Crippen LogP contribution is 2.41. The molecule has 8 heteroatoms. The van der Waals surface area contributed by atoms with Crippen molar-refractivity contribution in [1.29, 1.82) is 0 Å². The lowest BCUT2D eigenvalue weighted by molar-refractivity contribution is -0.360. The first-order valence-electron chi connectivity index (χ1n) is 8.36. The molecule has 2 atom stereocenters. The molecule has 1 fully saturated rings. The number of hydrogen-bond donors (Lipinski definition) is 1. The molecule has 1 aliphatic rings. The molecular formula is C19H17F5NO2. The maximum absolute atomic E-state index is 13.3. The molecule has 0 bridgehead atoms. The van der Waals surface area contributed by atoms with Crippen LogP contribution in [0.25, 0.3) is 0 Å². The van der Waals surface area contributed by atoms with Gasteiger partial charge in [0.05, 0.1) is 6.04 Å². The monoisotopic (exact) mass is 386 g/mol. The number of ether oxygens (including phenoxy) is 2. The van der Waals surface area contributed by atoms with Gasteiger partial charge in [0.15, 0.2) is 11.5 Å². The van der Waals surface area contributed by atoms with E-state index in [1.54, 1.807) is 12.1 Å². The first-order valence-corrected chi connectivity index (χ1v) is 8.36. The maximum Gasteiger partial charge on any atom is 0.499 e. The molecule has 1 heterocycles. The molecule has 2 aromatic carbocycles. The van der Waals surface area contributed by atoms with Crippen LogP contribution < -0.4 is 14.8 Å². The summed E-state index contributed by atoms with van der Waals surface area (Å²) in [5.41, 5.74) is 0.890. The molecule has 0 amide bonds. The van der Waals surface area contributed by atoms with E-state index in [-0.39, 0.29) is 11.8 Å². The molecule has 27 heavy (non-hydrogen) atoms. The van der Waals surface area contributed by atoms with E-state index in [4.69, 9.17) is 4.74 Å². The Balaban J connectivity index is 1.82. The quantitative estimate of drug-likeness (QED) is 0.742. The lowest BCUT2D eigenvalue weighted by atomic mass is 9.94. The molecule has 0 spiro atoms. The Bertz CT molecular complexity index is 751. The number of para-hydroxylation sites is 2. The van der Waals surface area contributed by atoms with Crippen molar-refractivity contribution in [2.75, 3.05) is 6.54 Å². The number of rotatable bonds is 5. The summed E-state index contributed by atoms with van der Waals surface area (Å²) in [6.45, 7) is 0.740. The van der Waals surface area contributed by atoms with Gasteiger partial charge < -0.3 is 14.8 Å². The first-order chi connectivity index (χ1) is 12.8. The highest BCUT2D eigenvalue weighted by atomic mass is 19.4. The number of piperidine rings is 1. The van der Waals surface area contributed by atoms with E-state index in [0.717, 1.165) is 24.6 Å². The summed E-state index contributed by atoms with van der Waals surface area (Å²) in [5, 5.41) is 3.28. The van der Waals surface area contributed by atoms with Crippen LogP contribution in [0.1, 0.15) is 24.4 Å². The highest BCUT2D eigenvalue weighted by Gasteiger charge is 2.61. The summed E-state index contributed by atoms with van der Waals surface area (Å²) in [6.07, 6.45) is -10.2. The molecule has 0 saturated carbocycles. The number of nitrogens with one attached hydrogen (secondary N) is 1. The Morgan fingerprint density at radius 1 is 1.00 bits per heavy atom. The molecule has 1 saturated heterocycles. The molecule has 1 N–H and O–H groups in total. The highest BCUT2D eigenvalue weighted by molar-refractivity contribution is 5.40. The van der Waals surface area contributed by atoms with Crippen molar-refractivity contribution in [3.05, 3.63) is 60.2 Å². The predicted octanol–water partition coefficient (Wildman–Crippen LogP) is 4.89. The fourth-order valence-corrected chi connectivity index (χ4v) is 2.91. The summed E-state index contributed by atoms with van der Waals surface area (Å²) in [6, 6.07) is 15.0. The van der Waals surface area contributed by atoms with E-state index in [1.807, 2.05) is 12.1 Å². The summed E-state index contributed by atoms with van der Waals surface area (Å²) in [4.78, 5) is 0. The van der Waals surface area contributed by atoms with Crippen molar-refractivity contribution in [2.24, 2.45) is 0 Å². The third-order valence-corrected chi connectivity index (χ3v) is 4.19. The normalized spacial score (nSPS) is 20.9. The molecule has 0 aliphatic carbocycles. The number of alkyl halides is 5. The smallest absolute Gasteiger partial charge is 0.485 e. The zero-order valence-electron chi connectivity index (χ0n) is 14.1. The van der Waals surface area contributed by atoms with Crippen LogP contribution in [0.2, 0.25) is 0 Å². The summed E-state index contributed by atoms with van der Waals surface area (Å²) >= 11 is 0. The van der Waals surface area contributed by atoms with Gasteiger partial charge in [0.25, 0.3) is 0 Å². The summed E-state index contributed by atoms with van der Waals surface area (Å²) in [5.74, 6) is -0.830. The first kappa shape index (κ1) is 19.4. The lowest BCUT2D eigenvalue weighted by Crippen LogP contribution is -2.42.